The Bertz CT molecular complexity index is 886. The zero-order valence-corrected chi connectivity index (χ0v) is 13.9. The summed E-state index contributed by atoms with van der Waals surface area (Å²) >= 11 is 0. The van der Waals surface area contributed by atoms with Crippen molar-refractivity contribution in [1.29, 1.82) is 5.26 Å². The Balaban J connectivity index is 1.80. The van der Waals surface area contributed by atoms with Crippen molar-refractivity contribution in [2.75, 3.05) is 10.6 Å². The van der Waals surface area contributed by atoms with Gasteiger partial charge in [0.05, 0.1) is 23.8 Å². The third-order valence-electron chi connectivity index (χ3n) is 3.88. The number of amides is 1. The predicted octanol–water partition coefficient (Wildman–Crippen LogP) is 1.64. The summed E-state index contributed by atoms with van der Waals surface area (Å²) in [5.74, 6) is -0.662. The van der Waals surface area contributed by atoms with Crippen molar-refractivity contribution in [1.82, 2.24) is 15.0 Å². The number of hydrogen-bond acceptors (Lipinski definition) is 7. The number of nitrogens with one attached hydrogen (secondary N) is 2. The van der Waals surface area contributed by atoms with E-state index in [1.54, 1.807) is 6.07 Å². The number of hydrogen-bond donors (Lipinski definition) is 3. The summed E-state index contributed by atoms with van der Waals surface area (Å²) < 4.78 is 0. The fourth-order valence-corrected chi connectivity index (χ4v) is 2.21. The number of carbonyl (C=O) groups is 2. The second kappa shape index (κ2) is 7.14. The van der Waals surface area contributed by atoms with Gasteiger partial charge in [-0.2, -0.15) is 5.26 Å². The van der Waals surface area contributed by atoms with Gasteiger partial charge in [-0.05, 0) is 25.8 Å². The van der Waals surface area contributed by atoms with Gasteiger partial charge in [0.2, 0.25) is 5.91 Å². The normalized spacial score (nSPS) is 14.2. The smallest absolute Gasteiger partial charge is 0.325 e. The molecule has 9 heteroatoms. The van der Waals surface area contributed by atoms with Crippen LogP contribution in [0.3, 0.4) is 0 Å². The first-order valence-corrected chi connectivity index (χ1v) is 8.00. The van der Waals surface area contributed by atoms with Gasteiger partial charge >= 0.3 is 5.97 Å². The van der Waals surface area contributed by atoms with Crippen molar-refractivity contribution in [3.05, 3.63) is 30.4 Å². The van der Waals surface area contributed by atoms with Crippen LogP contribution in [0.5, 0.6) is 0 Å². The molecule has 0 saturated heterocycles. The number of aromatic nitrogens is 3. The lowest BCUT2D eigenvalue weighted by atomic mass is 10.1. The van der Waals surface area contributed by atoms with Gasteiger partial charge in [0.25, 0.3) is 0 Å². The minimum absolute atomic E-state index is 0.0544. The minimum atomic E-state index is -1.05. The molecule has 2 heterocycles. The van der Waals surface area contributed by atoms with Crippen molar-refractivity contribution in [3.63, 3.8) is 0 Å². The number of nitriles is 1. The lowest BCUT2D eigenvalue weighted by molar-refractivity contribution is -0.137. The third kappa shape index (κ3) is 3.92. The number of pyridine rings is 1. The van der Waals surface area contributed by atoms with Crippen molar-refractivity contribution >= 4 is 23.4 Å². The predicted molar refractivity (Wildman–Crippen MR) is 92.1 cm³/mol. The molecule has 2 aromatic rings. The maximum atomic E-state index is 11.7. The molecule has 2 aromatic heterocycles. The Morgan fingerprint density at radius 2 is 2.04 bits per heavy atom. The number of carbonyl (C=O) groups excluding carboxylic acids is 1. The van der Waals surface area contributed by atoms with Gasteiger partial charge in [0, 0.05) is 17.7 Å². The van der Waals surface area contributed by atoms with E-state index in [1.807, 2.05) is 6.07 Å². The number of rotatable bonds is 6. The summed E-state index contributed by atoms with van der Waals surface area (Å²) in [4.78, 5) is 35.2. The van der Waals surface area contributed by atoms with Gasteiger partial charge in [0.15, 0.2) is 11.5 Å². The van der Waals surface area contributed by atoms with Gasteiger partial charge in [-0.25, -0.2) is 9.97 Å². The van der Waals surface area contributed by atoms with E-state index in [2.05, 4.69) is 25.6 Å². The molecule has 1 aliphatic rings. The van der Waals surface area contributed by atoms with Gasteiger partial charge in [-0.1, -0.05) is 0 Å². The van der Waals surface area contributed by atoms with Crippen LogP contribution in [0.15, 0.2) is 24.7 Å². The van der Waals surface area contributed by atoms with Crippen LogP contribution in [0.1, 0.15) is 25.5 Å². The molecule has 1 atom stereocenters. The highest BCUT2D eigenvalue weighted by atomic mass is 16.4. The zero-order chi connectivity index (χ0) is 18.7. The van der Waals surface area contributed by atoms with E-state index in [-0.39, 0.29) is 17.5 Å². The molecule has 9 nitrogen and oxygen atoms in total. The van der Waals surface area contributed by atoms with Crippen LogP contribution >= 0.6 is 0 Å². The maximum Gasteiger partial charge on any atom is 0.325 e. The Kier molecular flexibility index (Phi) is 4.75. The minimum Gasteiger partial charge on any atom is -0.480 e. The highest BCUT2D eigenvalue weighted by Crippen LogP contribution is 2.30. The quantitative estimate of drug-likeness (QED) is 0.712. The summed E-state index contributed by atoms with van der Waals surface area (Å²) in [6.07, 6.45) is 6.19. The summed E-state index contributed by atoms with van der Waals surface area (Å²) in [6.45, 7) is 1.47. The Morgan fingerprint density at radius 1 is 1.27 bits per heavy atom. The van der Waals surface area contributed by atoms with Crippen LogP contribution in [0.4, 0.5) is 11.5 Å². The second-order valence-electron chi connectivity index (χ2n) is 5.99. The zero-order valence-electron chi connectivity index (χ0n) is 13.9. The van der Waals surface area contributed by atoms with Crippen molar-refractivity contribution in [2.45, 2.75) is 25.8 Å². The summed E-state index contributed by atoms with van der Waals surface area (Å²) in [7, 11) is 0. The molecule has 0 unspecified atom stereocenters. The molecule has 1 fully saturated rings. The first-order chi connectivity index (χ1) is 12.5. The van der Waals surface area contributed by atoms with E-state index in [1.165, 1.54) is 25.5 Å². The molecule has 0 bridgehead atoms. The average Bonchev–Trinajstić information content (AvgIpc) is 3.47. The van der Waals surface area contributed by atoms with Crippen LogP contribution in [0.2, 0.25) is 0 Å². The standard InChI is InChI=1S/C17H16N6O3/c1-9(17(25)26)22-12-4-11(6-19-13(12)5-18)14-7-21-15(8-20-14)23-16(24)10-2-3-10/h4,6-10,22H,2-3H2,1H3,(H,25,26)(H,21,23,24)/t9-/m1/s1. The van der Waals surface area contributed by atoms with Crippen LogP contribution in [0, 0.1) is 17.2 Å². The number of carboxylic acids is 1. The van der Waals surface area contributed by atoms with Crippen molar-refractivity contribution < 1.29 is 14.7 Å². The number of anilines is 2. The molecular weight excluding hydrogens is 336 g/mol. The molecule has 1 aliphatic carbocycles. The van der Waals surface area contributed by atoms with Crippen LogP contribution < -0.4 is 10.6 Å². The maximum absolute atomic E-state index is 11.7. The molecule has 0 spiro atoms. The molecule has 3 rings (SSSR count). The SMILES string of the molecule is C[C@@H](Nc1cc(-c2cnc(NC(=O)C3CC3)cn2)cnc1C#N)C(=O)O. The first kappa shape index (κ1) is 17.3. The van der Waals surface area contributed by atoms with Crippen LogP contribution in [-0.2, 0) is 9.59 Å². The topological polar surface area (TPSA) is 141 Å². The fourth-order valence-electron chi connectivity index (χ4n) is 2.21. The largest absolute Gasteiger partial charge is 0.480 e. The lowest BCUT2D eigenvalue weighted by Gasteiger charge is -2.13. The number of aliphatic carboxylic acids is 1. The van der Waals surface area contributed by atoms with Gasteiger partial charge < -0.3 is 15.7 Å². The Labute approximate surface area is 149 Å². The molecule has 0 aliphatic heterocycles. The molecule has 1 amide bonds. The summed E-state index contributed by atoms with van der Waals surface area (Å²) in [5, 5.41) is 23.6. The van der Waals surface area contributed by atoms with E-state index in [0.717, 1.165) is 12.8 Å². The lowest BCUT2D eigenvalue weighted by Crippen LogP contribution is -2.26. The second-order valence-corrected chi connectivity index (χ2v) is 5.99. The first-order valence-electron chi connectivity index (χ1n) is 8.00. The van der Waals surface area contributed by atoms with Gasteiger partial charge in [-0.3, -0.25) is 14.6 Å². The van der Waals surface area contributed by atoms with E-state index in [4.69, 9.17) is 10.4 Å². The number of nitrogens with zero attached hydrogens (tertiary/aromatic N) is 4. The van der Waals surface area contributed by atoms with Crippen LogP contribution in [0.25, 0.3) is 11.3 Å². The highest BCUT2D eigenvalue weighted by Gasteiger charge is 2.29. The monoisotopic (exact) mass is 352 g/mol. The average molecular weight is 352 g/mol. The van der Waals surface area contributed by atoms with Crippen molar-refractivity contribution in [3.8, 4) is 17.3 Å². The van der Waals surface area contributed by atoms with E-state index in [9.17, 15) is 9.59 Å². The van der Waals surface area contributed by atoms with Crippen LogP contribution in [-0.4, -0.2) is 38.0 Å². The van der Waals surface area contributed by atoms with Crippen molar-refractivity contribution in [2.24, 2.45) is 5.92 Å². The number of carboxylic acid groups (broad SMARTS) is 1. The molecule has 132 valence electrons. The van der Waals surface area contributed by atoms with E-state index in [0.29, 0.717) is 22.8 Å². The highest BCUT2D eigenvalue weighted by molar-refractivity contribution is 5.93. The summed E-state index contributed by atoms with van der Waals surface area (Å²) in [5.41, 5.74) is 1.44. The molecule has 26 heavy (non-hydrogen) atoms. The molecule has 3 N–H and O–H groups in total. The van der Waals surface area contributed by atoms with E-state index >= 15 is 0 Å². The Hall–Kier alpha value is -3.54. The molecule has 0 aromatic carbocycles. The van der Waals surface area contributed by atoms with E-state index < -0.39 is 12.0 Å². The molecule has 1 saturated carbocycles. The summed E-state index contributed by atoms with van der Waals surface area (Å²) in [6, 6.07) is 2.63. The molecule has 0 radical (unpaired) electrons. The molecular formula is C17H16N6O3. The fraction of sp³-hybridized carbons (Fsp3) is 0.294. The Morgan fingerprint density at radius 3 is 2.62 bits per heavy atom. The van der Waals surface area contributed by atoms with Gasteiger partial charge in [0.1, 0.15) is 12.1 Å². The third-order valence-corrected chi connectivity index (χ3v) is 3.88. The van der Waals surface area contributed by atoms with Gasteiger partial charge in [-0.15, -0.1) is 0 Å².